The Morgan fingerprint density at radius 1 is 1.04 bits per heavy atom. The van der Waals surface area contributed by atoms with Gasteiger partial charge in [0, 0.05) is 22.9 Å². The molecule has 11 heteroatoms. The van der Waals surface area contributed by atoms with Crippen LogP contribution in [0, 0.1) is 0 Å². The topological polar surface area (TPSA) is 186 Å². The van der Waals surface area contributed by atoms with E-state index in [4.69, 9.17) is 22.3 Å². The normalized spacial score (nSPS) is 15.7. The largest absolute Gasteiger partial charge is 0.480 e. The van der Waals surface area contributed by atoms with Crippen LogP contribution < -0.4 is 17.2 Å². The molecule has 152 valence electrons. The van der Waals surface area contributed by atoms with Gasteiger partial charge in [-0.3, -0.25) is 14.4 Å². The van der Waals surface area contributed by atoms with Crippen LogP contribution in [-0.4, -0.2) is 62.0 Å². The van der Waals surface area contributed by atoms with E-state index in [2.05, 4.69) is 4.98 Å². The number of carboxylic acid groups (broad SMARTS) is 2. The first-order chi connectivity index (χ1) is 13.2. The molecule has 1 heterocycles. The van der Waals surface area contributed by atoms with E-state index in [1.807, 2.05) is 24.3 Å². The number of aliphatic carboxylic acids is 2. The predicted molar refractivity (Wildman–Crippen MR) is 110 cm³/mol. The van der Waals surface area contributed by atoms with Gasteiger partial charge in [-0.25, -0.2) is 0 Å². The second-order valence-corrected chi connectivity index (χ2v) is 8.74. The molecule has 0 radical (unpaired) electrons. The van der Waals surface area contributed by atoms with Crippen molar-refractivity contribution in [3.8, 4) is 0 Å². The Hall–Kier alpha value is -2.05. The monoisotopic (exact) mass is 426 g/mol. The molecular formula is C17H22N4O5S2. The van der Waals surface area contributed by atoms with Crippen LogP contribution in [0.1, 0.15) is 5.56 Å². The van der Waals surface area contributed by atoms with E-state index in [0.717, 1.165) is 38.1 Å². The maximum absolute atomic E-state index is 12.8. The summed E-state index contributed by atoms with van der Waals surface area (Å²) in [5.74, 6) is -3.04. The fourth-order valence-electron chi connectivity index (χ4n) is 2.52. The maximum Gasteiger partial charge on any atom is 0.322 e. The van der Waals surface area contributed by atoms with E-state index in [0.29, 0.717) is 0 Å². The number of ketones is 1. The molecule has 0 saturated carbocycles. The first kappa shape index (κ1) is 22.2. The number of Topliss-reactive ketones (excluding diaryl/α,β-unsaturated/α-hetero) is 1. The number of aromatic nitrogens is 1. The zero-order chi connectivity index (χ0) is 20.8. The van der Waals surface area contributed by atoms with E-state index in [1.54, 1.807) is 6.20 Å². The van der Waals surface area contributed by atoms with Crippen molar-refractivity contribution in [2.24, 2.45) is 17.2 Å². The molecule has 0 aliphatic heterocycles. The van der Waals surface area contributed by atoms with Gasteiger partial charge in [0.15, 0.2) is 5.78 Å². The highest BCUT2D eigenvalue weighted by atomic mass is 33.1. The fourth-order valence-corrected chi connectivity index (χ4v) is 5.30. The molecule has 2 aromatic rings. The van der Waals surface area contributed by atoms with Crippen molar-refractivity contribution in [1.82, 2.24) is 4.98 Å². The van der Waals surface area contributed by atoms with Crippen LogP contribution in [0.4, 0.5) is 0 Å². The first-order valence-corrected chi connectivity index (χ1v) is 10.7. The third kappa shape index (κ3) is 5.49. The van der Waals surface area contributed by atoms with Crippen LogP contribution in [0.3, 0.4) is 0 Å². The molecule has 0 fully saturated rings. The fraction of sp³-hybridized carbons (Fsp3) is 0.353. The number of para-hydroxylation sites is 1. The van der Waals surface area contributed by atoms with Crippen LogP contribution in [0.5, 0.6) is 0 Å². The molecule has 1 unspecified atom stereocenters. The van der Waals surface area contributed by atoms with Gasteiger partial charge in [0.25, 0.3) is 0 Å². The first-order valence-electron chi connectivity index (χ1n) is 8.31. The number of carbonyl (C=O) groups excluding carboxylic acids is 1. The minimum atomic E-state index is -1.47. The van der Waals surface area contributed by atoms with Crippen molar-refractivity contribution < 1.29 is 24.6 Å². The molecule has 0 bridgehead atoms. The lowest BCUT2D eigenvalue weighted by Crippen LogP contribution is -2.50. The lowest BCUT2D eigenvalue weighted by molar-refractivity contribution is -0.140. The zero-order valence-electron chi connectivity index (χ0n) is 14.8. The van der Waals surface area contributed by atoms with E-state index < -0.39 is 41.1 Å². The average molecular weight is 427 g/mol. The Labute approximate surface area is 168 Å². The summed E-state index contributed by atoms with van der Waals surface area (Å²) in [6, 6.07) is 3.98. The van der Waals surface area contributed by atoms with Crippen LogP contribution in [0.2, 0.25) is 0 Å². The summed E-state index contributed by atoms with van der Waals surface area (Å²) in [6.45, 7) is 0. The molecule has 9 N–H and O–H groups in total. The summed E-state index contributed by atoms with van der Waals surface area (Å²) in [6.07, 6.45) is 1.98. The Morgan fingerprint density at radius 3 is 2.36 bits per heavy atom. The summed E-state index contributed by atoms with van der Waals surface area (Å²) < 4.78 is 0. The summed E-state index contributed by atoms with van der Waals surface area (Å²) in [7, 11) is 1.87. The number of fused-ring (bicyclic) bond motifs is 1. The van der Waals surface area contributed by atoms with Crippen molar-refractivity contribution in [1.29, 1.82) is 0 Å². The molecule has 0 amide bonds. The number of rotatable bonds is 11. The van der Waals surface area contributed by atoms with Crippen molar-refractivity contribution in [3.05, 3.63) is 36.0 Å². The Morgan fingerprint density at radius 2 is 1.71 bits per heavy atom. The second kappa shape index (κ2) is 9.94. The number of carboxylic acids is 2. The molecule has 1 aromatic heterocycles. The van der Waals surface area contributed by atoms with Crippen LogP contribution in [0.15, 0.2) is 30.5 Å². The number of nitrogens with one attached hydrogen (secondary N) is 1. The van der Waals surface area contributed by atoms with Gasteiger partial charge in [0.05, 0.1) is 6.04 Å². The van der Waals surface area contributed by atoms with Gasteiger partial charge in [0.2, 0.25) is 0 Å². The predicted octanol–water partition coefficient (Wildman–Crippen LogP) is 0.181. The quantitative estimate of drug-likeness (QED) is 0.271. The molecule has 2 rings (SSSR count). The maximum atomic E-state index is 12.8. The lowest BCUT2D eigenvalue weighted by Gasteiger charge is -2.22. The van der Waals surface area contributed by atoms with Crippen LogP contribution >= 0.6 is 21.6 Å². The number of benzene rings is 1. The number of hydrogen-bond acceptors (Lipinski definition) is 8. The van der Waals surface area contributed by atoms with E-state index in [9.17, 15) is 19.5 Å². The van der Waals surface area contributed by atoms with Gasteiger partial charge in [-0.05, 0) is 18.1 Å². The lowest BCUT2D eigenvalue weighted by atomic mass is 9.98. The number of nitrogens with two attached hydrogens (primary N) is 3. The van der Waals surface area contributed by atoms with Crippen LogP contribution in [-0.2, 0) is 20.8 Å². The molecule has 0 aliphatic rings. The highest BCUT2D eigenvalue weighted by Crippen LogP contribution is 2.31. The van der Waals surface area contributed by atoms with E-state index in [-0.39, 0.29) is 12.2 Å². The SMILES string of the molecule is N[C@H](C(=O)O)C(SSC[C@H](N)C(=O)O)C(=O)[C@@H](N)Cc1c[nH]c2ccccc12. The van der Waals surface area contributed by atoms with Gasteiger partial charge in [-0.15, -0.1) is 0 Å². The highest BCUT2D eigenvalue weighted by Gasteiger charge is 2.35. The molecule has 0 aliphatic carbocycles. The highest BCUT2D eigenvalue weighted by molar-refractivity contribution is 8.77. The van der Waals surface area contributed by atoms with Crippen molar-refractivity contribution in [2.75, 3.05) is 5.75 Å². The molecule has 0 saturated heterocycles. The standard InChI is InChI=1S/C17H22N4O5S2/c18-10(5-8-6-21-12-4-2-1-3-9(8)12)14(22)15(13(20)17(25)26)28-27-7-11(19)16(23)24/h1-4,6,10-11,13,15,21H,5,7,18-20H2,(H,23,24)(H,25,26)/t10-,11-,13-,15?/m0/s1. The van der Waals surface area contributed by atoms with Crippen molar-refractivity contribution in [3.63, 3.8) is 0 Å². The van der Waals surface area contributed by atoms with Gasteiger partial charge in [-0.2, -0.15) is 0 Å². The summed E-state index contributed by atoms with van der Waals surface area (Å²) in [5, 5.41) is 17.8. The van der Waals surface area contributed by atoms with Gasteiger partial charge >= 0.3 is 11.9 Å². The number of hydrogen-bond donors (Lipinski definition) is 6. The number of H-pyrrole nitrogens is 1. The minimum Gasteiger partial charge on any atom is -0.480 e. The van der Waals surface area contributed by atoms with Gasteiger partial charge < -0.3 is 32.4 Å². The molecular weight excluding hydrogens is 404 g/mol. The van der Waals surface area contributed by atoms with Gasteiger partial charge in [0.1, 0.15) is 17.3 Å². The Kier molecular flexibility index (Phi) is 7.89. The molecule has 1 aromatic carbocycles. The third-order valence-corrected chi connectivity index (χ3v) is 6.91. The smallest absolute Gasteiger partial charge is 0.322 e. The van der Waals surface area contributed by atoms with Crippen LogP contribution in [0.25, 0.3) is 10.9 Å². The van der Waals surface area contributed by atoms with Crippen molar-refractivity contribution >= 4 is 50.2 Å². The minimum absolute atomic E-state index is 0.00615. The number of aromatic amines is 1. The summed E-state index contributed by atoms with van der Waals surface area (Å²) >= 11 is 0. The Bertz CT molecular complexity index is 859. The molecule has 4 atom stereocenters. The third-order valence-electron chi connectivity index (χ3n) is 4.11. The second-order valence-electron chi connectivity index (χ2n) is 6.18. The van der Waals surface area contributed by atoms with E-state index in [1.165, 1.54) is 0 Å². The molecule has 9 nitrogen and oxygen atoms in total. The summed E-state index contributed by atoms with van der Waals surface area (Å²) in [5.41, 5.74) is 18.9. The number of carbonyl (C=O) groups is 3. The summed E-state index contributed by atoms with van der Waals surface area (Å²) in [4.78, 5) is 38.0. The van der Waals surface area contributed by atoms with Crippen molar-refractivity contribution in [2.45, 2.75) is 29.8 Å². The molecule has 28 heavy (non-hydrogen) atoms. The zero-order valence-corrected chi connectivity index (χ0v) is 16.4. The van der Waals surface area contributed by atoms with E-state index >= 15 is 0 Å². The average Bonchev–Trinajstić information content (AvgIpc) is 3.06. The Balaban J connectivity index is 2.09. The van der Waals surface area contributed by atoms with Gasteiger partial charge in [-0.1, -0.05) is 39.8 Å². The molecule has 0 spiro atoms.